The van der Waals surface area contributed by atoms with E-state index in [0.29, 0.717) is 17.2 Å². The summed E-state index contributed by atoms with van der Waals surface area (Å²) in [5.74, 6) is 1.32. The molecule has 0 amide bonds. The highest BCUT2D eigenvalue weighted by Crippen LogP contribution is 2.11. The Balaban J connectivity index is 1.93. The van der Waals surface area contributed by atoms with Crippen molar-refractivity contribution in [2.45, 2.75) is 13.5 Å². The van der Waals surface area contributed by atoms with Gasteiger partial charge >= 0.3 is 0 Å². The minimum atomic E-state index is -0.322. The number of nitrogens with one attached hydrogen (secondary N) is 1. The number of aromatic amines is 1. The minimum absolute atomic E-state index is 0.117. The summed E-state index contributed by atoms with van der Waals surface area (Å²) in [4.78, 5) is 16.1. The third-order valence-corrected chi connectivity index (χ3v) is 3.15. The highest BCUT2D eigenvalue weighted by atomic mass is 16.5. The second-order valence-corrected chi connectivity index (χ2v) is 4.55. The van der Waals surface area contributed by atoms with Gasteiger partial charge in [-0.2, -0.15) is 5.26 Å². The van der Waals surface area contributed by atoms with Gasteiger partial charge in [0.2, 0.25) is 5.43 Å². The van der Waals surface area contributed by atoms with Gasteiger partial charge in [-0.25, -0.2) is 9.50 Å². The van der Waals surface area contributed by atoms with Crippen LogP contribution in [-0.2, 0) is 6.61 Å². The van der Waals surface area contributed by atoms with E-state index in [1.165, 1.54) is 6.07 Å². The SMILES string of the molecule is Cc1c(C#N)c(=O)cc2nc(COc3ccccc3)[nH]n12. The number of H-pyrrole nitrogens is 1. The number of nitrogens with zero attached hydrogens (tertiary/aromatic N) is 3. The summed E-state index contributed by atoms with van der Waals surface area (Å²) in [7, 11) is 0. The summed E-state index contributed by atoms with van der Waals surface area (Å²) in [6, 6.07) is 12.6. The monoisotopic (exact) mass is 280 g/mol. The first-order valence-corrected chi connectivity index (χ1v) is 6.38. The van der Waals surface area contributed by atoms with Crippen LogP contribution in [0.15, 0.2) is 41.2 Å². The van der Waals surface area contributed by atoms with Gasteiger partial charge in [0.15, 0.2) is 11.5 Å². The molecule has 2 heterocycles. The standard InChI is InChI=1S/C15H12N4O2/c1-10-12(8-16)13(20)7-15-17-14(18-19(10)15)9-21-11-5-3-2-4-6-11/h2-7H,9H2,1H3,(H,17,18). The Kier molecular flexibility index (Phi) is 3.16. The van der Waals surface area contributed by atoms with Gasteiger partial charge in [0, 0.05) is 6.07 Å². The number of hydrogen-bond donors (Lipinski definition) is 1. The van der Waals surface area contributed by atoms with E-state index in [-0.39, 0.29) is 17.6 Å². The zero-order valence-electron chi connectivity index (χ0n) is 11.3. The number of rotatable bonds is 3. The van der Waals surface area contributed by atoms with Gasteiger partial charge in [-0.1, -0.05) is 18.2 Å². The molecule has 21 heavy (non-hydrogen) atoms. The van der Waals surface area contributed by atoms with Crippen LogP contribution in [-0.4, -0.2) is 14.6 Å². The average Bonchev–Trinajstić information content (AvgIpc) is 2.90. The molecule has 1 aromatic carbocycles. The summed E-state index contributed by atoms with van der Waals surface area (Å²) in [6.45, 7) is 1.95. The van der Waals surface area contributed by atoms with E-state index >= 15 is 0 Å². The first kappa shape index (κ1) is 12.9. The molecule has 104 valence electrons. The maximum Gasteiger partial charge on any atom is 0.201 e. The van der Waals surface area contributed by atoms with Gasteiger partial charge in [-0.15, -0.1) is 0 Å². The first-order chi connectivity index (χ1) is 10.2. The highest BCUT2D eigenvalue weighted by Gasteiger charge is 2.11. The van der Waals surface area contributed by atoms with Crippen LogP contribution in [0.2, 0.25) is 0 Å². The van der Waals surface area contributed by atoms with Crippen LogP contribution in [0.5, 0.6) is 5.75 Å². The predicted octanol–water partition coefficient (Wildman–Crippen LogP) is 1.78. The highest BCUT2D eigenvalue weighted by molar-refractivity contribution is 5.45. The van der Waals surface area contributed by atoms with Gasteiger partial charge in [-0.3, -0.25) is 9.89 Å². The molecule has 0 aliphatic heterocycles. The molecule has 0 radical (unpaired) electrons. The largest absolute Gasteiger partial charge is 0.486 e. The van der Waals surface area contributed by atoms with E-state index in [4.69, 9.17) is 10.00 Å². The van der Waals surface area contributed by atoms with Gasteiger partial charge in [0.25, 0.3) is 0 Å². The molecule has 3 aromatic rings. The fourth-order valence-electron chi connectivity index (χ4n) is 2.10. The summed E-state index contributed by atoms with van der Waals surface area (Å²) < 4.78 is 7.21. The van der Waals surface area contributed by atoms with Crippen LogP contribution in [0.4, 0.5) is 0 Å². The number of para-hydroxylation sites is 1. The van der Waals surface area contributed by atoms with Crippen molar-refractivity contribution in [3.63, 3.8) is 0 Å². The van der Waals surface area contributed by atoms with Crippen molar-refractivity contribution in [3.8, 4) is 11.8 Å². The molecule has 1 N–H and O–H groups in total. The lowest BCUT2D eigenvalue weighted by atomic mass is 10.2. The number of aryl methyl sites for hydroxylation is 1. The number of hydrogen-bond acceptors (Lipinski definition) is 4. The number of ether oxygens (including phenoxy) is 1. The summed E-state index contributed by atoms with van der Waals surface area (Å²) in [6.07, 6.45) is 0. The second kappa shape index (κ2) is 5.13. The molecule has 2 aromatic heterocycles. The van der Waals surface area contributed by atoms with E-state index in [1.54, 1.807) is 11.4 Å². The van der Waals surface area contributed by atoms with Crippen molar-refractivity contribution >= 4 is 5.65 Å². The van der Waals surface area contributed by atoms with Gasteiger partial charge in [0.1, 0.15) is 24.0 Å². The molecule has 0 saturated heterocycles. The Morgan fingerprint density at radius 2 is 2.14 bits per heavy atom. The molecule has 0 fully saturated rings. The van der Waals surface area contributed by atoms with E-state index in [2.05, 4.69) is 10.1 Å². The second-order valence-electron chi connectivity index (χ2n) is 4.55. The van der Waals surface area contributed by atoms with Crippen molar-refractivity contribution < 1.29 is 4.74 Å². The maximum atomic E-state index is 11.8. The summed E-state index contributed by atoms with van der Waals surface area (Å²) in [5.41, 5.74) is 0.810. The number of benzene rings is 1. The average molecular weight is 280 g/mol. The van der Waals surface area contributed by atoms with Crippen molar-refractivity contribution in [2.24, 2.45) is 0 Å². The zero-order valence-corrected chi connectivity index (χ0v) is 11.3. The molecule has 0 bridgehead atoms. The zero-order chi connectivity index (χ0) is 14.8. The van der Waals surface area contributed by atoms with Crippen LogP contribution in [0.1, 0.15) is 17.1 Å². The third-order valence-electron chi connectivity index (χ3n) is 3.15. The maximum absolute atomic E-state index is 11.8. The van der Waals surface area contributed by atoms with Crippen LogP contribution in [0.25, 0.3) is 5.65 Å². The molecule has 0 aliphatic carbocycles. The van der Waals surface area contributed by atoms with E-state index in [0.717, 1.165) is 5.75 Å². The lowest BCUT2D eigenvalue weighted by Gasteiger charge is -2.02. The summed E-state index contributed by atoms with van der Waals surface area (Å²) in [5, 5.41) is 12.0. The molecule has 6 heteroatoms. The Hall–Kier alpha value is -3.07. The number of pyridine rings is 1. The number of fused-ring (bicyclic) bond motifs is 1. The van der Waals surface area contributed by atoms with Crippen molar-refractivity contribution in [2.75, 3.05) is 0 Å². The third kappa shape index (κ3) is 2.37. The minimum Gasteiger partial charge on any atom is -0.486 e. The van der Waals surface area contributed by atoms with Crippen LogP contribution in [0.3, 0.4) is 0 Å². The fraction of sp³-hybridized carbons (Fsp3) is 0.133. The number of aromatic nitrogens is 3. The number of nitriles is 1. The van der Waals surface area contributed by atoms with E-state index in [9.17, 15) is 4.79 Å². The molecule has 6 nitrogen and oxygen atoms in total. The molecular formula is C15H12N4O2. The van der Waals surface area contributed by atoms with Crippen molar-refractivity contribution in [3.05, 3.63) is 63.7 Å². The van der Waals surface area contributed by atoms with Gasteiger partial charge in [0.05, 0.1) is 5.69 Å². The quantitative estimate of drug-likeness (QED) is 0.792. The van der Waals surface area contributed by atoms with Crippen molar-refractivity contribution in [1.82, 2.24) is 14.6 Å². The molecule has 0 aliphatic rings. The molecule has 0 unspecified atom stereocenters. The lowest BCUT2D eigenvalue weighted by Crippen LogP contribution is -2.11. The van der Waals surface area contributed by atoms with E-state index < -0.39 is 0 Å². The Morgan fingerprint density at radius 3 is 2.86 bits per heavy atom. The summed E-state index contributed by atoms with van der Waals surface area (Å²) >= 11 is 0. The van der Waals surface area contributed by atoms with Crippen molar-refractivity contribution in [1.29, 1.82) is 5.26 Å². The normalized spacial score (nSPS) is 10.5. The molecule has 3 rings (SSSR count). The molecular weight excluding hydrogens is 268 g/mol. The molecule has 0 atom stereocenters. The smallest absolute Gasteiger partial charge is 0.201 e. The van der Waals surface area contributed by atoms with E-state index in [1.807, 2.05) is 36.4 Å². The molecule has 0 saturated carbocycles. The Labute approximate surface area is 120 Å². The van der Waals surface area contributed by atoms with Gasteiger partial charge in [-0.05, 0) is 19.1 Å². The van der Waals surface area contributed by atoms with Crippen LogP contribution in [0, 0.1) is 18.3 Å². The van der Waals surface area contributed by atoms with Crippen LogP contribution >= 0.6 is 0 Å². The topological polar surface area (TPSA) is 83.2 Å². The molecule has 0 spiro atoms. The van der Waals surface area contributed by atoms with Crippen LogP contribution < -0.4 is 10.2 Å². The lowest BCUT2D eigenvalue weighted by molar-refractivity contribution is 0.296. The fourth-order valence-corrected chi connectivity index (χ4v) is 2.10. The van der Waals surface area contributed by atoms with Gasteiger partial charge < -0.3 is 4.74 Å². The first-order valence-electron chi connectivity index (χ1n) is 6.38. The predicted molar refractivity (Wildman–Crippen MR) is 76.0 cm³/mol. The Morgan fingerprint density at radius 1 is 1.38 bits per heavy atom. The Bertz CT molecular complexity index is 888.